The van der Waals surface area contributed by atoms with Gasteiger partial charge in [-0.25, -0.2) is 0 Å². The van der Waals surface area contributed by atoms with E-state index in [1.54, 1.807) is 12.1 Å². The van der Waals surface area contributed by atoms with Crippen molar-refractivity contribution in [3.05, 3.63) is 34.1 Å². The molecule has 6 heteroatoms. The number of amides is 2. The lowest BCUT2D eigenvalue weighted by Crippen LogP contribution is -2.43. The van der Waals surface area contributed by atoms with Crippen LogP contribution >= 0.6 is 0 Å². The number of aryl methyl sites for hydroxylation is 1. The van der Waals surface area contributed by atoms with Crippen LogP contribution < -0.4 is 10.9 Å². The highest BCUT2D eigenvalue weighted by Crippen LogP contribution is 2.22. The predicted octanol–water partition coefficient (Wildman–Crippen LogP) is 0.881. The van der Waals surface area contributed by atoms with E-state index in [0.29, 0.717) is 11.0 Å². The van der Waals surface area contributed by atoms with Crippen LogP contribution in [0.4, 0.5) is 0 Å². The second-order valence-corrected chi connectivity index (χ2v) is 4.64. The minimum atomic E-state index is -0.753. The highest BCUT2D eigenvalue weighted by Gasteiger charge is 2.31. The number of fused-ring (bicyclic) bond motifs is 1. The number of benzene rings is 1. The summed E-state index contributed by atoms with van der Waals surface area (Å²) in [5.74, 6) is -0.809. The van der Waals surface area contributed by atoms with E-state index in [9.17, 15) is 14.4 Å². The fourth-order valence-corrected chi connectivity index (χ4v) is 2.31. The summed E-state index contributed by atoms with van der Waals surface area (Å²) in [7, 11) is 0. The van der Waals surface area contributed by atoms with Gasteiger partial charge in [-0.05, 0) is 25.0 Å². The first-order valence-electron chi connectivity index (χ1n) is 6.03. The second-order valence-electron chi connectivity index (χ2n) is 4.64. The summed E-state index contributed by atoms with van der Waals surface area (Å²) in [6.45, 7) is 1.83. The maximum atomic E-state index is 12.2. The average molecular weight is 260 g/mol. The number of imide groups is 1. The van der Waals surface area contributed by atoms with Crippen LogP contribution in [0.2, 0.25) is 0 Å². The number of aromatic nitrogens is 1. The van der Waals surface area contributed by atoms with Gasteiger partial charge in [-0.1, -0.05) is 12.1 Å². The van der Waals surface area contributed by atoms with Crippen LogP contribution in [0, 0.1) is 6.92 Å². The molecule has 1 N–H and O–H groups in total. The van der Waals surface area contributed by atoms with Crippen LogP contribution in [0.1, 0.15) is 24.4 Å². The van der Waals surface area contributed by atoms with Crippen molar-refractivity contribution in [3.63, 3.8) is 0 Å². The molecule has 0 radical (unpaired) electrons. The molecule has 6 nitrogen and oxygen atoms in total. The van der Waals surface area contributed by atoms with Gasteiger partial charge < -0.3 is 4.52 Å². The Hall–Kier alpha value is -2.37. The van der Waals surface area contributed by atoms with E-state index in [1.807, 2.05) is 13.0 Å². The lowest BCUT2D eigenvalue weighted by atomic mass is 10.1. The van der Waals surface area contributed by atoms with Gasteiger partial charge in [0.15, 0.2) is 5.58 Å². The molecule has 1 aliphatic heterocycles. The molecule has 3 rings (SSSR count). The normalized spacial score (nSPS) is 19.7. The summed E-state index contributed by atoms with van der Waals surface area (Å²) in [4.78, 5) is 35.1. The molecule has 0 bridgehead atoms. The van der Waals surface area contributed by atoms with Crippen LogP contribution in [0.5, 0.6) is 0 Å². The quantitative estimate of drug-likeness (QED) is 0.772. The third-order valence-corrected chi connectivity index (χ3v) is 3.33. The van der Waals surface area contributed by atoms with Crippen LogP contribution in [0.15, 0.2) is 27.5 Å². The molecule has 98 valence electrons. The molecule has 0 spiro atoms. The number of carbonyl (C=O) groups is 2. The molecule has 2 aromatic rings. The molecule has 1 atom stereocenters. The van der Waals surface area contributed by atoms with Gasteiger partial charge in [0.2, 0.25) is 5.91 Å². The van der Waals surface area contributed by atoms with Gasteiger partial charge in [-0.3, -0.25) is 19.7 Å². The minimum absolute atomic E-state index is 0.207. The Morgan fingerprint density at radius 2 is 2.11 bits per heavy atom. The molecule has 2 heterocycles. The van der Waals surface area contributed by atoms with Crippen molar-refractivity contribution in [2.75, 3.05) is 0 Å². The number of nitrogens with zero attached hydrogens (tertiary/aromatic N) is 1. The van der Waals surface area contributed by atoms with Crippen molar-refractivity contribution in [2.45, 2.75) is 25.8 Å². The van der Waals surface area contributed by atoms with E-state index in [0.717, 1.165) is 10.3 Å². The van der Waals surface area contributed by atoms with Crippen molar-refractivity contribution in [3.8, 4) is 0 Å². The predicted molar refractivity (Wildman–Crippen MR) is 66.6 cm³/mol. The van der Waals surface area contributed by atoms with Gasteiger partial charge in [0, 0.05) is 6.42 Å². The number of hydrogen-bond donors (Lipinski definition) is 1. The smallest absolute Gasteiger partial charge is 0.291 e. The van der Waals surface area contributed by atoms with Crippen molar-refractivity contribution < 1.29 is 14.1 Å². The zero-order chi connectivity index (χ0) is 13.6. The topological polar surface area (TPSA) is 81.3 Å². The molecule has 1 saturated heterocycles. The number of carbonyl (C=O) groups excluding carboxylic acids is 2. The van der Waals surface area contributed by atoms with Crippen molar-refractivity contribution in [1.82, 2.24) is 10.1 Å². The molecule has 1 aliphatic rings. The lowest BCUT2D eigenvalue weighted by molar-refractivity contribution is -0.137. The van der Waals surface area contributed by atoms with Crippen LogP contribution in [0.3, 0.4) is 0 Å². The summed E-state index contributed by atoms with van der Waals surface area (Å²) in [5.41, 5.74) is 0.978. The molecule has 0 saturated carbocycles. The zero-order valence-corrected chi connectivity index (χ0v) is 10.3. The Morgan fingerprint density at radius 1 is 1.32 bits per heavy atom. The van der Waals surface area contributed by atoms with E-state index < -0.39 is 11.9 Å². The number of para-hydroxylation sites is 1. The van der Waals surface area contributed by atoms with Gasteiger partial charge in [-0.15, -0.1) is 0 Å². The second kappa shape index (κ2) is 4.08. The van der Waals surface area contributed by atoms with Crippen molar-refractivity contribution in [1.29, 1.82) is 0 Å². The number of piperidine rings is 1. The monoisotopic (exact) mass is 260 g/mol. The van der Waals surface area contributed by atoms with E-state index >= 15 is 0 Å². The standard InChI is InChI=1S/C13H12N2O4/c1-7-3-2-4-8-11(7)19-15(13(8)18)9-5-6-10(16)14-12(9)17/h2-4,9H,5-6H2,1H3,(H,14,16,17)/t9-/m1/s1. The molecular weight excluding hydrogens is 248 g/mol. The molecule has 1 aromatic carbocycles. The highest BCUT2D eigenvalue weighted by molar-refractivity contribution is 5.99. The Bertz CT molecular complexity index is 741. The molecule has 0 aliphatic carbocycles. The largest absolute Gasteiger partial charge is 0.375 e. The third-order valence-electron chi connectivity index (χ3n) is 3.33. The Morgan fingerprint density at radius 3 is 2.79 bits per heavy atom. The third kappa shape index (κ3) is 1.76. The summed E-state index contributed by atoms with van der Waals surface area (Å²) >= 11 is 0. The average Bonchev–Trinajstić information content (AvgIpc) is 2.69. The minimum Gasteiger partial charge on any atom is -0.375 e. The Kier molecular flexibility index (Phi) is 2.51. The van der Waals surface area contributed by atoms with Gasteiger partial charge in [0.05, 0.1) is 5.39 Å². The summed E-state index contributed by atoms with van der Waals surface area (Å²) in [6, 6.07) is 4.51. The molecule has 2 amide bonds. The van der Waals surface area contributed by atoms with Gasteiger partial charge in [0.1, 0.15) is 6.04 Å². The molecule has 19 heavy (non-hydrogen) atoms. The maximum Gasteiger partial charge on any atom is 0.291 e. The number of hydrogen-bond acceptors (Lipinski definition) is 4. The van der Waals surface area contributed by atoms with E-state index in [1.165, 1.54) is 0 Å². The zero-order valence-electron chi connectivity index (χ0n) is 10.3. The number of nitrogens with one attached hydrogen (secondary N) is 1. The van der Waals surface area contributed by atoms with Crippen molar-refractivity contribution in [2.24, 2.45) is 0 Å². The Labute approximate surface area is 108 Å². The van der Waals surface area contributed by atoms with Gasteiger partial charge in [0.25, 0.3) is 11.5 Å². The fraction of sp³-hybridized carbons (Fsp3) is 0.308. The van der Waals surface area contributed by atoms with E-state index in [-0.39, 0.29) is 24.3 Å². The maximum absolute atomic E-state index is 12.2. The van der Waals surface area contributed by atoms with E-state index in [4.69, 9.17) is 4.52 Å². The first-order valence-corrected chi connectivity index (χ1v) is 6.03. The molecule has 1 aromatic heterocycles. The van der Waals surface area contributed by atoms with Crippen LogP contribution in [0.25, 0.3) is 11.0 Å². The fourth-order valence-electron chi connectivity index (χ4n) is 2.31. The van der Waals surface area contributed by atoms with Gasteiger partial charge >= 0.3 is 0 Å². The first-order chi connectivity index (χ1) is 9.08. The SMILES string of the molecule is Cc1cccc2c(=O)n([C@@H]3CCC(=O)NC3=O)oc12. The van der Waals surface area contributed by atoms with Crippen LogP contribution in [-0.4, -0.2) is 16.6 Å². The van der Waals surface area contributed by atoms with E-state index in [2.05, 4.69) is 5.32 Å². The van der Waals surface area contributed by atoms with Crippen LogP contribution in [-0.2, 0) is 9.59 Å². The summed E-state index contributed by atoms with van der Waals surface area (Å²) in [6.07, 6.45) is 0.488. The first kappa shape index (κ1) is 11.7. The highest BCUT2D eigenvalue weighted by atomic mass is 16.5. The summed E-state index contributed by atoms with van der Waals surface area (Å²) in [5, 5.41) is 2.67. The molecule has 1 fully saturated rings. The molecule has 0 unspecified atom stereocenters. The van der Waals surface area contributed by atoms with Gasteiger partial charge in [-0.2, -0.15) is 4.74 Å². The molecular formula is C13H12N2O4. The Balaban J connectivity index is 2.13. The summed E-state index contributed by atoms with van der Waals surface area (Å²) < 4.78 is 6.58. The van der Waals surface area contributed by atoms with Crippen molar-refractivity contribution >= 4 is 22.8 Å². The lowest BCUT2D eigenvalue weighted by Gasteiger charge is -2.19. The number of rotatable bonds is 1.